The van der Waals surface area contributed by atoms with E-state index in [1.54, 1.807) is 19.1 Å². The van der Waals surface area contributed by atoms with Crippen molar-refractivity contribution in [3.05, 3.63) is 34.5 Å². The van der Waals surface area contributed by atoms with E-state index in [-0.39, 0.29) is 0 Å². The average molecular weight is 293 g/mol. The fraction of sp³-hybridized carbons (Fsp3) is 0.286. The summed E-state index contributed by atoms with van der Waals surface area (Å²) in [6.07, 6.45) is 0.590. The monoisotopic (exact) mass is 292 g/mol. The molecule has 1 aliphatic heterocycles. The number of ether oxygens (including phenoxy) is 2. The first-order valence-electron chi connectivity index (χ1n) is 6.37. The Morgan fingerprint density at radius 2 is 2.40 bits per heavy atom. The maximum absolute atomic E-state index is 11.9. The van der Waals surface area contributed by atoms with Crippen LogP contribution in [0.15, 0.2) is 18.2 Å². The molecule has 0 spiro atoms. The van der Waals surface area contributed by atoms with Crippen molar-refractivity contribution >= 4 is 17.6 Å². The molecule has 0 atom stereocenters. The minimum absolute atomic E-state index is 0.325. The number of hydrogen-bond donors (Lipinski definition) is 1. The molecule has 6 heteroatoms. The van der Waals surface area contributed by atoms with Gasteiger partial charge in [-0.05, 0) is 25.1 Å². The van der Waals surface area contributed by atoms with Gasteiger partial charge in [0.05, 0.1) is 13.2 Å². The lowest BCUT2D eigenvalue weighted by molar-refractivity contribution is 0.0518. The summed E-state index contributed by atoms with van der Waals surface area (Å²) in [4.78, 5) is 11.9. The van der Waals surface area contributed by atoms with Gasteiger partial charge in [0, 0.05) is 22.6 Å². The molecule has 3 rings (SSSR count). The molecule has 20 heavy (non-hydrogen) atoms. The second-order valence-corrected chi connectivity index (χ2v) is 4.82. The molecule has 0 fully saturated rings. The van der Waals surface area contributed by atoms with E-state index in [2.05, 4.69) is 10.2 Å². The molecule has 0 bridgehead atoms. The largest absolute Gasteiger partial charge is 0.493 e. The van der Waals surface area contributed by atoms with Crippen LogP contribution in [0.2, 0.25) is 5.02 Å². The van der Waals surface area contributed by atoms with Gasteiger partial charge in [0.1, 0.15) is 17.1 Å². The Bertz CT molecular complexity index is 666. The van der Waals surface area contributed by atoms with Crippen molar-refractivity contribution in [1.82, 2.24) is 10.2 Å². The third-order valence-electron chi connectivity index (χ3n) is 3.15. The highest BCUT2D eigenvalue weighted by molar-refractivity contribution is 6.31. The zero-order valence-corrected chi connectivity index (χ0v) is 11.7. The number of rotatable bonds is 2. The summed E-state index contributed by atoms with van der Waals surface area (Å²) in [6.45, 7) is 2.57. The molecule has 0 unspecified atom stereocenters. The van der Waals surface area contributed by atoms with Gasteiger partial charge in [-0.15, -0.1) is 0 Å². The molecule has 2 heterocycles. The number of H-pyrrole nitrogens is 1. The van der Waals surface area contributed by atoms with E-state index in [0.29, 0.717) is 36.0 Å². The summed E-state index contributed by atoms with van der Waals surface area (Å²) in [5, 5.41) is 7.60. The van der Waals surface area contributed by atoms with Crippen LogP contribution in [0, 0.1) is 0 Å². The van der Waals surface area contributed by atoms with Crippen LogP contribution in [0.25, 0.3) is 11.3 Å². The predicted octanol–water partition coefficient (Wildman–Crippen LogP) is 2.84. The lowest BCUT2D eigenvalue weighted by Gasteiger charge is -2.06. The van der Waals surface area contributed by atoms with Crippen LogP contribution in [-0.4, -0.2) is 29.4 Å². The molecule has 0 saturated carbocycles. The van der Waals surface area contributed by atoms with Crippen LogP contribution in [0.3, 0.4) is 0 Å². The highest BCUT2D eigenvalue weighted by Crippen LogP contribution is 2.36. The molecule has 1 aromatic heterocycles. The molecule has 1 aliphatic rings. The number of nitrogens with zero attached hydrogens (tertiary/aromatic N) is 1. The van der Waals surface area contributed by atoms with Gasteiger partial charge in [0.25, 0.3) is 0 Å². The minimum atomic E-state index is -0.397. The topological polar surface area (TPSA) is 64.2 Å². The van der Waals surface area contributed by atoms with Crippen LogP contribution in [0.4, 0.5) is 0 Å². The highest BCUT2D eigenvalue weighted by atomic mass is 35.5. The van der Waals surface area contributed by atoms with Crippen LogP contribution >= 0.6 is 11.6 Å². The van der Waals surface area contributed by atoms with Crippen molar-refractivity contribution in [2.75, 3.05) is 13.2 Å². The van der Waals surface area contributed by atoms with E-state index in [0.717, 1.165) is 16.9 Å². The van der Waals surface area contributed by atoms with Crippen molar-refractivity contribution in [3.8, 4) is 17.0 Å². The zero-order chi connectivity index (χ0) is 14.1. The zero-order valence-electron chi connectivity index (χ0n) is 10.9. The summed E-state index contributed by atoms with van der Waals surface area (Å²) in [5.41, 5.74) is 2.68. The predicted molar refractivity (Wildman–Crippen MR) is 74.2 cm³/mol. The third-order valence-corrected chi connectivity index (χ3v) is 3.39. The first kappa shape index (κ1) is 13.0. The van der Waals surface area contributed by atoms with Gasteiger partial charge in [-0.2, -0.15) is 5.10 Å². The molecule has 0 aliphatic carbocycles. The number of halogens is 1. The molecular formula is C14H13ClN2O3. The summed E-state index contributed by atoms with van der Waals surface area (Å²) in [5.74, 6) is 0.321. The number of fused-ring (bicyclic) bond motifs is 3. The quantitative estimate of drug-likeness (QED) is 0.865. The van der Waals surface area contributed by atoms with Crippen LogP contribution < -0.4 is 4.74 Å². The van der Waals surface area contributed by atoms with Gasteiger partial charge in [-0.25, -0.2) is 4.79 Å². The van der Waals surface area contributed by atoms with Gasteiger partial charge in [0.15, 0.2) is 0 Å². The van der Waals surface area contributed by atoms with Crippen molar-refractivity contribution in [3.63, 3.8) is 0 Å². The summed E-state index contributed by atoms with van der Waals surface area (Å²) in [7, 11) is 0. The molecule has 1 N–H and O–H groups in total. The second-order valence-electron chi connectivity index (χ2n) is 4.39. The number of benzene rings is 1. The van der Waals surface area contributed by atoms with Crippen molar-refractivity contribution < 1.29 is 14.3 Å². The van der Waals surface area contributed by atoms with E-state index in [1.165, 1.54) is 0 Å². The average Bonchev–Trinajstić information content (AvgIpc) is 2.77. The van der Waals surface area contributed by atoms with E-state index in [1.807, 2.05) is 6.07 Å². The van der Waals surface area contributed by atoms with Crippen LogP contribution in [-0.2, 0) is 11.2 Å². The van der Waals surface area contributed by atoms with Crippen LogP contribution in [0.1, 0.15) is 23.0 Å². The molecule has 5 nitrogen and oxygen atoms in total. The number of carbonyl (C=O) groups excluding carboxylic acids is 1. The van der Waals surface area contributed by atoms with Gasteiger partial charge in [0.2, 0.25) is 0 Å². The van der Waals surface area contributed by atoms with Crippen molar-refractivity contribution in [1.29, 1.82) is 0 Å². The minimum Gasteiger partial charge on any atom is -0.493 e. The molecule has 104 valence electrons. The molecule has 0 amide bonds. The van der Waals surface area contributed by atoms with Crippen molar-refractivity contribution in [2.24, 2.45) is 0 Å². The van der Waals surface area contributed by atoms with Gasteiger partial charge in [-0.1, -0.05) is 11.6 Å². The number of aromatic amines is 1. The Kier molecular flexibility index (Phi) is 3.36. The Hall–Kier alpha value is -2.01. The molecule has 0 saturated heterocycles. The lowest BCUT2D eigenvalue weighted by Crippen LogP contribution is -2.09. The lowest BCUT2D eigenvalue weighted by atomic mass is 10.0. The van der Waals surface area contributed by atoms with Gasteiger partial charge >= 0.3 is 5.97 Å². The van der Waals surface area contributed by atoms with Gasteiger partial charge in [-0.3, -0.25) is 5.10 Å². The van der Waals surface area contributed by atoms with E-state index in [9.17, 15) is 4.79 Å². The number of nitrogens with one attached hydrogen (secondary N) is 1. The molecule has 2 aromatic rings. The summed E-state index contributed by atoms with van der Waals surface area (Å²) in [6, 6.07) is 5.37. The van der Waals surface area contributed by atoms with E-state index < -0.39 is 5.97 Å². The van der Waals surface area contributed by atoms with Crippen molar-refractivity contribution in [2.45, 2.75) is 13.3 Å². The number of aromatic nitrogens is 2. The third kappa shape index (κ3) is 2.14. The molecule has 0 radical (unpaired) electrons. The van der Waals surface area contributed by atoms with E-state index in [4.69, 9.17) is 21.1 Å². The number of esters is 1. The van der Waals surface area contributed by atoms with E-state index >= 15 is 0 Å². The summed E-state index contributed by atoms with van der Waals surface area (Å²) >= 11 is 6.03. The smallest absolute Gasteiger partial charge is 0.356 e. The first-order valence-corrected chi connectivity index (χ1v) is 6.75. The Morgan fingerprint density at radius 3 is 3.20 bits per heavy atom. The highest BCUT2D eigenvalue weighted by Gasteiger charge is 2.25. The fourth-order valence-corrected chi connectivity index (χ4v) is 2.45. The Labute approximate surface area is 120 Å². The maximum Gasteiger partial charge on any atom is 0.356 e. The number of carbonyl (C=O) groups is 1. The first-order chi connectivity index (χ1) is 9.70. The Balaban J connectivity index is 2.12. The standard InChI is InChI=1S/C14H13ClN2O3/c1-2-19-14(18)13-9-5-6-20-11-4-3-8(15)7-10(11)12(9)16-17-13/h3-4,7H,2,5-6H2,1H3,(H,16,17). The van der Waals surface area contributed by atoms with Gasteiger partial charge < -0.3 is 9.47 Å². The second kappa shape index (κ2) is 5.17. The fourth-order valence-electron chi connectivity index (χ4n) is 2.28. The van der Waals surface area contributed by atoms with Crippen LogP contribution in [0.5, 0.6) is 5.75 Å². The number of hydrogen-bond acceptors (Lipinski definition) is 4. The SMILES string of the molecule is CCOC(=O)c1[nH]nc2c1CCOc1ccc(Cl)cc1-2. The normalized spacial score (nSPS) is 12.9. The summed E-state index contributed by atoms with van der Waals surface area (Å²) < 4.78 is 10.7. The maximum atomic E-state index is 11.9. The molecule has 1 aromatic carbocycles. The molecular weight excluding hydrogens is 280 g/mol. The Morgan fingerprint density at radius 1 is 1.55 bits per heavy atom.